The van der Waals surface area contributed by atoms with Crippen LogP contribution in [-0.2, 0) is 4.79 Å². The highest BCUT2D eigenvalue weighted by Crippen LogP contribution is 2.41. The van der Waals surface area contributed by atoms with Crippen LogP contribution in [0.5, 0.6) is 0 Å². The Kier molecular flexibility index (Phi) is 2.18. The van der Waals surface area contributed by atoms with Gasteiger partial charge in [0.2, 0.25) is 5.91 Å². The fourth-order valence-corrected chi connectivity index (χ4v) is 2.90. The highest BCUT2D eigenvalue weighted by atomic mass is 16.4. The SMILES string of the molecule is O=C(O)c1ccc(N2C(=O)C3CCC2C3)cc1. The van der Waals surface area contributed by atoms with Crippen LogP contribution in [0.15, 0.2) is 24.3 Å². The summed E-state index contributed by atoms with van der Waals surface area (Å²) in [7, 11) is 0. The van der Waals surface area contributed by atoms with Crippen LogP contribution in [0.4, 0.5) is 5.69 Å². The zero-order valence-electron chi connectivity index (χ0n) is 9.30. The van der Waals surface area contributed by atoms with Crippen LogP contribution in [0, 0.1) is 5.92 Å². The lowest BCUT2D eigenvalue weighted by Crippen LogP contribution is -2.36. The fraction of sp³-hybridized carbons (Fsp3) is 0.385. The Morgan fingerprint density at radius 3 is 2.47 bits per heavy atom. The quantitative estimate of drug-likeness (QED) is 0.845. The minimum absolute atomic E-state index is 0.194. The number of carboxylic acids is 1. The van der Waals surface area contributed by atoms with Crippen molar-refractivity contribution in [2.45, 2.75) is 25.3 Å². The van der Waals surface area contributed by atoms with E-state index in [2.05, 4.69) is 0 Å². The van der Waals surface area contributed by atoms with Crippen LogP contribution in [0.3, 0.4) is 0 Å². The molecule has 1 aliphatic heterocycles. The van der Waals surface area contributed by atoms with Gasteiger partial charge in [-0.15, -0.1) is 0 Å². The molecule has 1 saturated carbocycles. The second kappa shape index (κ2) is 3.58. The van der Waals surface area contributed by atoms with Gasteiger partial charge >= 0.3 is 5.97 Å². The van der Waals surface area contributed by atoms with Gasteiger partial charge in [0.05, 0.1) is 5.56 Å². The molecule has 2 fully saturated rings. The number of piperidine rings is 1. The first-order chi connectivity index (χ1) is 8.16. The van der Waals surface area contributed by atoms with Gasteiger partial charge in [-0.3, -0.25) is 4.79 Å². The van der Waals surface area contributed by atoms with Crippen molar-refractivity contribution >= 4 is 17.6 Å². The fourth-order valence-electron chi connectivity index (χ4n) is 2.90. The van der Waals surface area contributed by atoms with E-state index in [1.807, 2.05) is 4.90 Å². The molecular weight excluding hydrogens is 218 g/mol. The summed E-state index contributed by atoms with van der Waals surface area (Å²) in [5.41, 5.74) is 1.08. The number of fused-ring (bicyclic) bond motifs is 2. The van der Waals surface area contributed by atoms with E-state index in [0.29, 0.717) is 6.04 Å². The summed E-state index contributed by atoms with van der Waals surface area (Å²) in [5, 5.41) is 8.82. The van der Waals surface area contributed by atoms with Gasteiger partial charge in [-0.25, -0.2) is 4.79 Å². The normalized spacial score (nSPS) is 26.6. The summed E-state index contributed by atoms with van der Waals surface area (Å²) in [4.78, 5) is 24.6. The average molecular weight is 231 g/mol. The van der Waals surface area contributed by atoms with E-state index in [-0.39, 0.29) is 17.4 Å². The highest BCUT2D eigenvalue weighted by Gasteiger charge is 2.45. The largest absolute Gasteiger partial charge is 0.478 e. The Balaban J connectivity index is 1.90. The van der Waals surface area contributed by atoms with Crippen LogP contribution < -0.4 is 4.90 Å². The molecular formula is C13H13NO3. The summed E-state index contributed by atoms with van der Waals surface area (Å²) in [6.45, 7) is 0. The number of carbonyl (C=O) groups is 2. The summed E-state index contributed by atoms with van der Waals surface area (Å²) in [6.07, 6.45) is 3.03. The lowest BCUT2D eigenvalue weighted by atomic mass is 10.1. The van der Waals surface area contributed by atoms with Crippen LogP contribution >= 0.6 is 0 Å². The molecule has 1 N–H and O–H groups in total. The van der Waals surface area contributed by atoms with Crippen LogP contribution in [-0.4, -0.2) is 23.0 Å². The molecule has 1 heterocycles. The third kappa shape index (κ3) is 1.52. The molecule has 1 aliphatic carbocycles. The topological polar surface area (TPSA) is 57.6 Å². The summed E-state index contributed by atoms with van der Waals surface area (Å²) < 4.78 is 0. The lowest BCUT2D eigenvalue weighted by Gasteiger charge is -2.27. The first-order valence-corrected chi connectivity index (χ1v) is 5.83. The number of hydrogen-bond donors (Lipinski definition) is 1. The van der Waals surface area contributed by atoms with Gasteiger partial charge < -0.3 is 10.0 Å². The zero-order chi connectivity index (χ0) is 12.0. The van der Waals surface area contributed by atoms with E-state index in [1.54, 1.807) is 24.3 Å². The Hall–Kier alpha value is -1.84. The predicted molar refractivity (Wildman–Crippen MR) is 62.0 cm³/mol. The van der Waals surface area contributed by atoms with Crippen molar-refractivity contribution < 1.29 is 14.7 Å². The van der Waals surface area contributed by atoms with Crippen LogP contribution in [0.1, 0.15) is 29.6 Å². The molecule has 2 bridgehead atoms. The monoisotopic (exact) mass is 231 g/mol. The molecule has 0 spiro atoms. The molecule has 4 nitrogen and oxygen atoms in total. The molecule has 0 aromatic heterocycles. The molecule has 2 aliphatic rings. The van der Waals surface area contributed by atoms with E-state index in [0.717, 1.165) is 24.9 Å². The van der Waals surface area contributed by atoms with E-state index in [9.17, 15) is 9.59 Å². The second-order valence-electron chi connectivity index (χ2n) is 4.72. The molecule has 2 atom stereocenters. The lowest BCUT2D eigenvalue weighted by molar-refractivity contribution is -0.121. The summed E-state index contributed by atoms with van der Waals surface area (Å²) in [5.74, 6) is -0.547. The van der Waals surface area contributed by atoms with Crippen molar-refractivity contribution in [1.82, 2.24) is 0 Å². The van der Waals surface area contributed by atoms with Gasteiger partial charge in [0, 0.05) is 17.6 Å². The molecule has 0 radical (unpaired) electrons. The number of aromatic carboxylic acids is 1. The van der Waals surface area contributed by atoms with Gasteiger partial charge in [-0.05, 0) is 43.5 Å². The minimum atomic E-state index is -0.939. The van der Waals surface area contributed by atoms with Crippen molar-refractivity contribution in [3.05, 3.63) is 29.8 Å². The number of anilines is 1. The molecule has 1 aromatic rings. The number of hydrogen-bond acceptors (Lipinski definition) is 2. The zero-order valence-corrected chi connectivity index (χ0v) is 9.30. The average Bonchev–Trinajstić information content (AvgIpc) is 2.89. The van der Waals surface area contributed by atoms with Gasteiger partial charge in [-0.2, -0.15) is 0 Å². The summed E-state index contributed by atoms with van der Waals surface area (Å²) in [6, 6.07) is 6.88. The van der Waals surface area contributed by atoms with Crippen LogP contribution in [0.2, 0.25) is 0 Å². The van der Waals surface area contributed by atoms with Crippen LogP contribution in [0.25, 0.3) is 0 Å². The Morgan fingerprint density at radius 2 is 1.94 bits per heavy atom. The highest BCUT2D eigenvalue weighted by molar-refractivity contribution is 5.99. The van der Waals surface area contributed by atoms with E-state index in [4.69, 9.17) is 5.11 Å². The van der Waals surface area contributed by atoms with Crippen molar-refractivity contribution in [3.63, 3.8) is 0 Å². The van der Waals surface area contributed by atoms with E-state index in [1.165, 1.54) is 0 Å². The minimum Gasteiger partial charge on any atom is -0.478 e. The first kappa shape index (κ1) is 10.3. The smallest absolute Gasteiger partial charge is 0.335 e. The van der Waals surface area contributed by atoms with Crippen molar-refractivity contribution in [1.29, 1.82) is 0 Å². The van der Waals surface area contributed by atoms with E-state index < -0.39 is 5.97 Å². The Bertz CT molecular complexity index is 480. The maximum Gasteiger partial charge on any atom is 0.335 e. The van der Waals surface area contributed by atoms with E-state index >= 15 is 0 Å². The number of rotatable bonds is 2. The molecule has 4 heteroatoms. The molecule has 17 heavy (non-hydrogen) atoms. The van der Waals surface area contributed by atoms with Gasteiger partial charge in [-0.1, -0.05) is 0 Å². The maximum absolute atomic E-state index is 12.0. The predicted octanol–water partition coefficient (Wildman–Crippen LogP) is 1.90. The first-order valence-electron chi connectivity index (χ1n) is 5.83. The number of amides is 1. The van der Waals surface area contributed by atoms with Crippen molar-refractivity contribution in [2.75, 3.05) is 4.90 Å². The Labute approximate surface area is 98.9 Å². The molecule has 2 unspecified atom stereocenters. The standard InChI is InChI=1S/C13H13NO3/c15-12-9-3-6-11(7-9)14(12)10-4-1-8(2-5-10)13(16)17/h1-2,4-5,9,11H,3,6-7H2,(H,16,17). The van der Waals surface area contributed by atoms with Gasteiger partial charge in [0.15, 0.2) is 0 Å². The maximum atomic E-state index is 12.0. The number of carboxylic acid groups (broad SMARTS) is 1. The Morgan fingerprint density at radius 1 is 1.24 bits per heavy atom. The van der Waals surface area contributed by atoms with Crippen molar-refractivity contribution in [2.24, 2.45) is 5.92 Å². The third-order valence-electron chi connectivity index (χ3n) is 3.75. The third-order valence-corrected chi connectivity index (χ3v) is 3.75. The molecule has 1 saturated heterocycles. The van der Waals surface area contributed by atoms with Gasteiger partial charge in [0.1, 0.15) is 0 Å². The number of benzene rings is 1. The summed E-state index contributed by atoms with van der Waals surface area (Å²) >= 11 is 0. The second-order valence-corrected chi connectivity index (χ2v) is 4.72. The molecule has 1 amide bonds. The van der Waals surface area contributed by atoms with Crippen molar-refractivity contribution in [3.8, 4) is 0 Å². The van der Waals surface area contributed by atoms with Gasteiger partial charge in [0.25, 0.3) is 0 Å². The molecule has 88 valence electrons. The number of carbonyl (C=O) groups excluding carboxylic acids is 1. The molecule has 1 aromatic carbocycles. The number of nitrogens with zero attached hydrogens (tertiary/aromatic N) is 1. The molecule has 3 rings (SSSR count).